The molecule has 1 amide bonds. The number of aliphatic carboxylic acids is 1. The van der Waals surface area contributed by atoms with Crippen LogP contribution in [0.3, 0.4) is 0 Å². The monoisotopic (exact) mass is 218 g/mol. The van der Waals surface area contributed by atoms with E-state index in [0.717, 1.165) is 0 Å². The minimum atomic E-state index is -5.08. The molecule has 0 saturated heterocycles. The number of halogens is 3. The van der Waals surface area contributed by atoms with Crippen LogP contribution in [0.2, 0.25) is 0 Å². The first-order valence-electron chi connectivity index (χ1n) is 3.06. The molecule has 14 heavy (non-hydrogen) atoms. The zero-order chi connectivity index (χ0) is 11.8. The average molecular weight is 218 g/mol. The Kier molecular flexibility index (Phi) is 7.44. The maximum Gasteiger partial charge on any atom is 0.490 e. The zero-order valence-electron chi connectivity index (χ0n) is 7.31. The molecule has 0 spiro atoms. The molecule has 0 aliphatic heterocycles. The number of alkyl halides is 3. The number of methoxy groups -OCH3 is 1. The summed E-state index contributed by atoms with van der Waals surface area (Å²) in [7, 11) is 2.88. The smallest absolute Gasteiger partial charge is 0.475 e. The zero-order valence-corrected chi connectivity index (χ0v) is 7.31. The lowest BCUT2D eigenvalue weighted by Gasteiger charge is -1.96. The third kappa shape index (κ3) is 10.5. The largest absolute Gasteiger partial charge is 0.490 e. The fourth-order valence-electron chi connectivity index (χ4n) is 0.153. The van der Waals surface area contributed by atoms with Crippen LogP contribution in [0.15, 0.2) is 0 Å². The normalized spacial score (nSPS) is 9.50. The van der Waals surface area contributed by atoms with Crippen LogP contribution in [-0.2, 0) is 9.53 Å². The van der Waals surface area contributed by atoms with Crippen molar-refractivity contribution in [2.24, 2.45) is 0 Å². The van der Waals surface area contributed by atoms with E-state index in [-0.39, 0.29) is 0 Å². The third-order valence-corrected chi connectivity index (χ3v) is 0.655. The third-order valence-electron chi connectivity index (χ3n) is 0.655. The molecule has 0 heterocycles. The average Bonchev–Trinajstić information content (AvgIpc) is 2.04. The van der Waals surface area contributed by atoms with Gasteiger partial charge < -0.3 is 9.84 Å². The Bertz CT molecular complexity index is 194. The van der Waals surface area contributed by atoms with E-state index in [4.69, 9.17) is 9.90 Å². The minimum Gasteiger partial charge on any atom is -0.475 e. The molecule has 3 N–H and O–H groups in total. The predicted octanol–water partition coefficient (Wildman–Crippen LogP) is 0.110. The van der Waals surface area contributed by atoms with Crippen molar-refractivity contribution < 1.29 is 32.6 Å². The Hall–Kier alpha value is -1.51. The molecule has 0 aliphatic carbocycles. The number of carboxylic acid groups (broad SMARTS) is 1. The lowest BCUT2D eigenvalue weighted by molar-refractivity contribution is -0.192. The topological polar surface area (TPSA) is 87.7 Å². The number of hydrogen-bond donors (Lipinski definition) is 3. The minimum absolute atomic E-state index is 0.484. The fourth-order valence-corrected chi connectivity index (χ4v) is 0.153. The summed E-state index contributed by atoms with van der Waals surface area (Å²) in [6, 6.07) is 0. The second kappa shape index (κ2) is 6.95. The van der Waals surface area contributed by atoms with Gasteiger partial charge in [-0.3, -0.25) is 5.43 Å². The molecule has 0 aromatic heterocycles. The highest BCUT2D eigenvalue weighted by Crippen LogP contribution is 2.13. The maximum atomic E-state index is 10.6. The highest BCUT2D eigenvalue weighted by Gasteiger charge is 2.38. The van der Waals surface area contributed by atoms with Crippen molar-refractivity contribution in [2.45, 2.75) is 6.18 Å². The second-order valence-electron chi connectivity index (χ2n) is 1.67. The summed E-state index contributed by atoms with van der Waals surface area (Å²) >= 11 is 0. The van der Waals surface area contributed by atoms with E-state index in [1.165, 1.54) is 7.11 Å². The number of carbonyl (C=O) groups excluding carboxylic acids is 1. The SMILES string of the molecule is CNNC(=O)OC.O=C(O)C(F)(F)F. The Balaban J connectivity index is 0. The van der Waals surface area contributed by atoms with Crippen molar-refractivity contribution in [3.63, 3.8) is 0 Å². The van der Waals surface area contributed by atoms with Crippen LogP contribution >= 0.6 is 0 Å². The van der Waals surface area contributed by atoms with E-state index in [0.29, 0.717) is 0 Å². The molecular weight excluding hydrogens is 209 g/mol. The van der Waals surface area contributed by atoms with Crippen molar-refractivity contribution in [1.29, 1.82) is 0 Å². The van der Waals surface area contributed by atoms with Crippen molar-refractivity contribution in [3.05, 3.63) is 0 Å². The standard InChI is InChI=1S/C3H8N2O2.C2HF3O2/c1-4-5-3(6)7-2;3-2(4,5)1(6)7/h4H,1-2H3,(H,5,6);(H,6,7). The van der Waals surface area contributed by atoms with Crippen LogP contribution in [-0.4, -0.2) is 37.5 Å². The molecule has 6 nitrogen and oxygen atoms in total. The van der Waals surface area contributed by atoms with Crippen molar-refractivity contribution in [1.82, 2.24) is 10.9 Å². The number of hydrogen-bond acceptors (Lipinski definition) is 4. The number of amides is 1. The van der Waals surface area contributed by atoms with Gasteiger partial charge in [0.25, 0.3) is 0 Å². The van der Waals surface area contributed by atoms with Gasteiger partial charge in [0.1, 0.15) is 0 Å². The molecule has 0 radical (unpaired) electrons. The summed E-state index contributed by atoms with van der Waals surface area (Å²) in [4.78, 5) is 18.9. The molecular formula is C5H9F3N2O4. The molecule has 0 bridgehead atoms. The Morgan fingerprint density at radius 1 is 1.36 bits per heavy atom. The van der Waals surface area contributed by atoms with Crippen LogP contribution in [0.5, 0.6) is 0 Å². The molecule has 0 fully saturated rings. The van der Waals surface area contributed by atoms with E-state index in [1.54, 1.807) is 7.05 Å². The Morgan fingerprint density at radius 3 is 1.79 bits per heavy atom. The van der Waals surface area contributed by atoms with Crippen LogP contribution in [0, 0.1) is 0 Å². The first kappa shape index (κ1) is 15.0. The molecule has 9 heteroatoms. The van der Waals surface area contributed by atoms with E-state index in [9.17, 15) is 18.0 Å². The number of carbonyl (C=O) groups is 2. The number of hydrazine groups is 1. The fraction of sp³-hybridized carbons (Fsp3) is 0.600. The number of carboxylic acids is 1. The first-order chi connectivity index (χ1) is 6.25. The van der Waals surface area contributed by atoms with E-state index in [1.807, 2.05) is 0 Å². The molecule has 84 valence electrons. The van der Waals surface area contributed by atoms with E-state index < -0.39 is 18.2 Å². The van der Waals surface area contributed by atoms with E-state index >= 15 is 0 Å². The van der Waals surface area contributed by atoms with Gasteiger partial charge in [0.15, 0.2) is 0 Å². The molecule has 0 aromatic rings. The number of nitrogens with one attached hydrogen (secondary N) is 2. The van der Waals surface area contributed by atoms with Crippen LogP contribution in [0.4, 0.5) is 18.0 Å². The lowest BCUT2D eigenvalue weighted by Crippen LogP contribution is -2.33. The van der Waals surface area contributed by atoms with Gasteiger partial charge in [-0.25, -0.2) is 15.0 Å². The summed E-state index contributed by atoms with van der Waals surface area (Å²) in [6.07, 6.45) is -5.57. The summed E-state index contributed by atoms with van der Waals surface area (Å²) in [5.74, 6) is -2.76. The highest BCUT2D eigenvalue weighted by atomic mass is 19.4. The molecule has 0 aliphatic rings. The van der Waals surface area contributed by atoms with Crippen molar-refractivity contribution in [3.8, 4) is 0 Å². The number of ether oxygens (including phenoxy) is 1. The van der Waals surface area contributed by atoms with Crippen molar-refractivity contribution in [2.75, 3.05) is 14.2 Å². The molecule has 0 rings (SSSR count). The molecule has 0 atom stereocenters. The summed E-state index contributed by atoms with van der Waals surface area (Å²) < 4.78 is 35.9. The molecule has 0 unspecified atom stereocenters. The van der Waals surface area contributed by atoms with E-state index in [2.05, 4.69) is 15.6 Å². The van der Waals surface area contributed by atoms with Crippen LogP contribution in [0.25, 0.3) is 0 Å². The maximum absolute atomic E-state index is 10.6. The first-order valence-corrected chi connectivity index (χ1v) is 3.06. The summed E-state index contributed by atoms with van der Waals surface area (Å²) in [5.41, 5.74) is 4.58. The van der Waals surface area contributed by atoms with Gasteiger partial charge in [0, 0.05) is 7.05 Å². The highest BCUT2D eigenvalue weighted by molar-refractivity contribution is 5.73. The van der Waals surface area contributed by atoms with Crippen molar-refractivity contribution >= 4 is 12.1 Å². The predicted molar refractivity (Wildman–Crippen MR) is 38.3 cm³/mol. The van der Waals surface area contributed by atoms with Crippen LogP contribution in [0.1, 0.15) is 0 Å². The molecule has 0 saturated carbocycles. The van der Waals surface area contributed by atoms with Gasteiger partial charge in [-0.15, -0.1) is 0 Å². The van der Waals surface area contributed by atoms with Gasteiger partial charge in [0.2, 0.25) is 0 Å². The summed E-state index contributed by atoms with van der Waals surface area (Å²) in [5, 5.41) is 7.12. The Labute approximate surface area is 77.0 Å². The van der Waals surface area contributed by atoms with Crippen LogP contribution < -0.4 is 10.9 Å². The summed E-state index contributed by atoms with van der Waals surface area (Å²) in [6.45, 7) is 0. The lowest BCUT2D eigenvalue weighted by atomic mass is 10.7. The van der Waals surface area contributed by atoms with Gasteiger partial charge in [-0.1, -0.05) is 0 Å². The Morgan fingerprint density at radius 2 is 1.71 bits per heavy atom. The van der Waals surface area contributed by atoms with Gasteiger partial charge in [-0.2, -0.15) is 13.2 Å². The van der Waals surface area contributed by atoms with Gasteiger partial charge >= 0.3 is 18.2 Å². The number of rotatable bonds is 1. The quantitative estimate of drug-likeness (QED) is 0.543. The second-order valence-corrected chi connectivity index (χ2v) is 1.67. The van der Waals surface area contributed by atoms with Gasteiger partial charge in [-0.05, 0) is 0 Å². The van der Waals surface area contributed by atoms with Gasteiger partial charge in [0.05, 0.1) is 7.11 Å². The molecule has 0 aromatic carbocycles.